The van der Waals surface area contributed by atoms with Crippen LogP contribution in [0.25, 0.3) is 0 Å². The van der Waals surface area contributed by atoms with Gasteiger partial charge in [0.05, 0.1) is 13.2 Å². The number of nitriles is 1. The van der Waals surface area contributed by atoms with Crippen molar-refractivity contribution in [2.24, 2.45) is 0 Å². The van der Waals surface area contributed by atoms with Crippen LogP contribution in [0.5, 0.6) is 0 Å². The molecule has 0 saturated carbocycles. The number of nitrogens with zero attached hydrogens (tertiary/aromatic N) is 2. The highest BCUT2D eigenvalue weighted by molar-refractivity contribution is 5.80. The summed E-state index contributed by atoms with van der Waals surface area (Å²) in [6.45, 7) is 0.977. The Hall–Kier alpha value is -1.75. The molecule has 112 valence electrons. The molecule has 1 rings (SSSR count). The lowest BCUT2D eigenvalue weighted by atomic mass is 9.96. The molecular formula is C12H15F3N2O3. The van der Waals surface area contributed by atoms with Crippen molar-refractivity contribution in [3.05, 3.63) is 11.8 Å². The highest BCUT2D eigenvalue weighted by atomic mass is 19.4. The normalized spacial score (nSPS) is 19.4. The maximum Gasteiger partial charge on any atom is 0.428 e. The second-order valence-electron chi connectivity index (χ2n) is 4.49. The molecule has 1 atom stereocenters. The number of halogens is 3. The number of hydrogen-bond donors (Lipinski definition) is 1. The molecule has 8 heteroatoms. The number of ether oxygens (including phenoxy) is 1. The quantitative estimate of drug-likeness (QED) is 0.625. The molecular weight excluding hydrogens is 277 g/mol. The molecule has 0 aromatic rings. The molecule has 0 radical (unpaired) electrons. The first kappa shape index (κ1) is 16.3. The lowest BCUT2D eigenvalue weighted by Crippen LogP contribution is -2.53. The molecule has 1 fully saturated rings. The lowest BCUT2D eigenvalue weighted by Gasteiger charge is -2.31. The van der Waals surface area contributed by atoms with Gasteiger partial charge in [-0.3, -0.25) is 0 Å². The van der Waals surface area contributed by atoms with E-state index in [1.807, 2.05) is 0 Å². The number of likely N-dealkylation sites (tertiary alicyclic amines) is 1. The SMILES string of the molecule is COC(=O)C(O)(C/C(=C\C#N)N1CCCC1)C(F)(F)F. The topological polar surface area (TPSA) is 73.6 Å². The van der Waals surface area contributed by atoms with E-state index in [1.54, 1.807) is 11.0 Å². The van der Waals surface area contributed by atoms with Crippen molar-refractivity contribution in [2.45, 2.75) is 31.0 Å². The summed E-state index contributed by atoms with van der Waals surface area (Å²) in [5, 5.41) is 18.4. The third-order valence-corrected chi connectivity index (χ3v) is 3.17. The lowest BCUT2D eigenvalue weighted by molar-refractivity contribution is -0.261. The Morgan fingerprint density at radius 3 is 2.40 bits per heavy atom. The van der Waals surface area contributed by atoms with E-state index < -0.39 is 24.2 Å². The molecule has 5 nitrogen and oxygen atoms in total. The average Bonchev–Trinajstić information content (AvgIpc) is 2.89. The summed E-state index contributed by atoms with van der Waals surface area (Å²) in [6.07, 6.45) is -3.73. The Kier molecular flexibility index (Phi) is 5.00. The maximum absolute atomic E-state index is 12.9. The van der Waals surface area contributed by atoms with E-state index in [4.69, 9.17) is 5.26 Å². The highest BCUT2D eigenvalue weighted by Crippen LogP contribution is 2.37. The van der Waals surface area contributed by atoms with Crippen LogP contribution >= 0.6 is 0 Å². The van der Waals surface area contributed by atoms with Crippen molar-refractivity contribution < 1.29 is 27.8 Å². The van der Waals surface area contributed by atoms with Gasteiger partial charge in [-0.15, -0.1) is 0 Å². The third-order valence-electron chi connectivity index (χ3n) is 3.17. The Balaban J connectivity index is 3.07. The van der Waals surface area contributed by atoms with Gasteiger partial charge in [0.1, 0.15) is 0 Å². The first-order chi connectivity index (χ1) is 9.26. The van der Waals surface area contributed by atoms with Gasteiger partial charge in [-0.05, 0) is 12.8 Å². The molecule has 20 heavy (non-hydrogen) atoms. The molecule has 0 aliphatic carbocycles. The standard InChI is InChI=1S/C12H15F3N2O3/c1-20-10(18)11(19,12(13,14)15)8-9(4-5-16)17-6-2-3-7-17/h4,19H,2-3,6-8H2,1H3/b9-4+. The van der Waals surface area contributed by atoms with Gasteiger partial charge in [-0.25, -0.2) is 4.79 Å². The summed E-state index contributed by atoms with van der Waals surface area (Å²) < 4.78 is 42.9. The number of rotatable bonds is 4. The van der Waals surface area contributed by atoms with Gasteiger partial charge in [-0.1, -0.05) is 0 Å². The van der Waals surface area contributed by atoms with E-state index in [0.717, 1.165) is 26.0 Å². The largest absolute Gasteiger partial charge is 0.467 e. The van der Waals surface area contributed by atoms with E-state index >= 15 is 0 Å². The smallest absolute Gasteiger partial charge is 0.428 e. The molecule has 1 aliphatic heterocycles. The minimum Gasteiger partial charge on any atom is -0.467 e. The molecule has 0 bridgehead atoms. The zero-order chi connectivity index (χ0) is 15.4. The van der Waals surface area contributed by atoms with E-state index in [9.17, 15) is 23.1 Å². The van der Waals surface area contributed by atoms with Crippen LogP contribution in [0.15, 0.2) is 11.8 Å². The van der Waals surface area contributed by atoms with E-state index in [-0.39, 0.29) is 5.70 Å². The van der Waals surface area contributed by atoms with Crippen LogP contribution in [-0.4, -0.2) is 48.0 Å². The van der Waals surface area contributed by atoms with Crippen LogP contribution in [0.1, 0.15) is 19.3 Å². The number of carbonyl (C=O) groups is 1. The average molecular weight is 292 g/mol. The molecule has 0 aromatic carbocycles. The van der Waals surface area contributed by atoms with E-state index in [0.29, 0.717) is 13.1 Å². The van der Waals surface area contributed by atoms with Crippen molar-refractivity contribution in [3.8, 4) is 6.07 Å². The van der Waals surface area contributed by atoms with Crippen molar-refractivity contribution in [1.29, 1.82) is 5.26 Å². The molecule has 0 aromatic heterocycles. The summed E-state index contributed by atoms with van der Waals surface area (Å²) in [5.74, 6) is -1.78. The number of alkyl halides is 3. The van der Waals surface area contributed by atoms with Gasteiger partial charge in [-0.2, -0.15) is 18.4 Å². The van der Waals surface area contributed by atoms with Crippen LogP contribution in [0, 0.1) is 11.3 Å². The van der Waals surface area contributed by atoms with Crippen LogP contribution in [0.2, 0.25) is 0 Å². The number of aliphatic hydroxyl groups is 1. The van der Waals surface area contributed by atoms with Gasteiger partial charge in [0, 0.05) is 31.3 Å². The number of methoxy groups -OCH3 is 1. The molecule has 0 spiro atoms. The summed E-state index contributed by atoms with van der Waals surface area (Å²) in [6, 6.07) is 1.64. The molecule has 1 unspecified atom stereocenters. The fourth-order valence-electron chi connectivity index (χ4n) is 2.05. The van der Waals surface area contributed by atoms with Gasteiger partial charge in [0.2, 0.25) is 0 Å². The van der Waals surface area contributed by atoms with Crippen LogP contribution in [0.3, 0.4) is 0 Å². The zero-order valence-electron chi connectivity index (χ0n) is 10.9. The van der Waals surface area contributed by atoms with E-state index in [1.165, 1.54) is 0 Å². The molecule has 1 heterocycles. The second kappa shape index (κ2) is 6.13. The number of allylic oxidation sites excluding steroid dienone is 1. The van der Waals surface area contributed by atoms with Crippen molar-refractivity contribution in [1.82, 2.24) is 4.90 Å². The fourth-order valence-corrected chi connectivity index (χ4v) is 2.05. The number of carbonyl (C=O) groups excluding carboxylic acids is 1. The Bertz CT molecular complexity index is 436. The monoisotopic (exact) mass is 292 g/mol. The fraction of sp³-hybridized carbons (Fsp3) is 0.667. The predicted molar refractivity (Wildman–Crippen MR) is 62.1 cm³/mol. The summed E-state index contributed by atoms with van der Waals surface area (Å²) >= 11 is 0. The van der Waals surface area contributed by atoms with Gasteiger partial charge in [0.15, 0.2) is 0 Å². The van der Waals surface area contributed by atoms with Gasteiger partial charge in [0.25, 0.3) is 5.60 Å². The van der Waals surface area contributed by atoms with Crippen LogP contribution in [-0.2, 0) is 9.53 Å². The zero-order valence-corrected chi connectivity index (χ0v) is 10.9. The minimum atomic E-state index is -5.19. The molecule has 1 aliphatic rings. The van der Waals surface area contributed by atoms with Crippen molar-refractivity contribution in [3.63, 3.8) is 0 Å². The Morgan fingerprint density at radius 1 is 1.45 bits per heavy atom. The van der Waals surface area contributed by atoms with Gasteiger partial charge >= 0.3 is 12.1 Å². The maximum atomic E-state index is 12.9. The summed E-state index contributed by atoms with van der Waals surface area (Å²) in [7, 11) is 0.766. The van der Waals surface area contributed by atoms with Crippen molar-refractivity contribution >= 4 is 5.97 Å². The molecule has 0 amide bonds. The first-order valence-electron chi connectivity index (χ1n) is 5.97. The summed E-state index contributed by atoms with van der Waals surface area (Å²) in [4.78, 5) is 12.9. The van der Waals surface area contributed by atoms with E-state index in [2.05, 4.69) is 4.74 Å². The number of hydrogen-bond acceptors (Lipinski definition) is 5. The number of esters is 1. The summed E-state index contributed by atoms with van der Waals surface area (Å²) in [5.41, 5.74) is -3.66. The van der Waals surface area contributed by atoms with Crippen LogP contribution < -0.4 is 0 Å². The third kappa shape index (κ3) is 3.22. The van der Waals surface area contributed by atoms with Crippen molar-refractivity contribution in [2.75, 3.05) is 20.2 Å². The second-order valence-corrected chi connectivity index (χ2v) is 4.49. The Morgan fingerprint density at radius 2 is 2.00 bits per heavy atom. The van der Waals surface area contributed by atoms with Gasteiger partial charge < -0.3 is 14.7 Å². The molecule has 1 N–H and O–H groups in total. The predicted octanol–water partition coefficient (Wildman–Crippen LogP) is 1.35. The minimum absolute atomic E-state index is 0.0183. The van der Waals surface area contributed by atoms with Crippen LogP contribution in [0.4, 0.5) is 13.2 Å². The highest BCUT2D eigenvalue weighted by Gasteiger charge is 2.61. The molecule has 1 saturated heterocycles. The Labute approximate surface area is 114 Å². The first-order valence-corrected chi connectivity index (χ1v) is 5.97.